The Hall–Kier alpha value is -1.22. The van der Waals surface area contributed by atoms with Crippen molar-refractivity contribution in [1.29, 1.82) is 0 Å². The summed E-state index contributed by atoms with van der Waals surface area (Å²) in [5.41, 5.74) is 2.59. The third kappa shape index (κ3) is 3.41. The first-order valence-corrected chi connectivity index (χ1v) is 7.64. The number of hydrogen-bond donors (Lipinski definition) is 1. The van der Waals surface area contributed by atoms with Gasteiger partial charge in [0.05, 0.1) is 6.61 Å². The molecule has 0 amide bonds. The fourth-order valence-corrected chi connectivity index (χ4v) is 3.01. The third-order valence-electron chi connectivity index (χ3n) is 4.11. The lowest BCUT2D eigenvalue weighted by atomic mass is 10.1. The lowest BCUT2D eigenvalue weighted by Gasteiger charge is -2.26. The van der Waals surface area contributed by atoms with Crippen LogP contribution >= 0.6 is 0 Å². The van der Waals surface area contributed by atoms with E-state index < -0.39 is 0 Å². The van der Waals surface area contributed by atoms with Crippen LogP contribution in [0.5, 0.6) is 5.75 Å². The van der Waals surface area contributed by atoms with E-state index in [2.05, 4.69) is 28.4 Å². The number of nitrogens with one attached hydrogen (secondary N) is 1. The normalized spacial score (nSPS) is 19.6. The summed E-state index contributed by atoms with van der Waals surface area (Å²) < 4.78 is 5.64. The van der Waals surface area contributed by atoms with Crippen LogP contribution in [0.25, 0.3) is 0 Å². The van der Waals surface area contributed by atoms with Gasteiger partial charge in [-0.3, -0.25) is 0 Å². The molecule has 0 radical (unpaired) electrons. The molecule has 0 bridgehead atoms. The van der Waals surface area contributed by atoms with E-state index in [4.69, 9.17) is 4.74 Å². The molecule has 2 aliphatic heterocycles. The van der Waals surface area contributed by atoms with Crippen molar-refractivity contribution in [2.75, 3.05) is 38.1 Å². The highest BCUT2D eigenvalue weighted by Gasteiger charge is 2.11. The van der Waals surface area contributed by atoms with Crippen LogP contribution in [-0.2, 0) is 6.42 Å². The predicted octanol–water partition coefficient (Wildman–Crippen LogP) is 2.91. The molecule has 0 atom stereocenters. The molecule has 0 saturated carbocycles. The summed E-state index contributed by atoms with van der Waals surface area (Å²) in [5.74, 6) is 1.08. The first-order valence-electron chi connectivity index (χ1n) is 7.64. The molecule has 1 aromatic rings. The molecule has 0 aliphatic carbocycles. The zero-order valence-corrected chi connectivity index (χ0v) is 11.7. The molecule has 1 N–H and O–H groups in total. The molecule has 104 valence electrons. The van der Waals surface area contributed by atoms with E-state index in [-0.39, 0.29) is 0 Å². The SMILES string of the molecule is c1cc2c(cc1NCCN1CCCCC1)CCCO2. The van der Waals surface area contributed by atoms with Crippen LogP contribution in [0.15, 0.2) is 18.2 Å². The number of hydrogen-bond acceptors (Lipinski definition) is 3. The zero-order chi connectivity index (χ0) is 12.9. The minimum atomic E-state index is 0.870. The number of anilines is 1. The molecule has 2 heterocycles. The van der Waals surface area contributed by atoms with Crippen molar-refractivity contribution < 1.29 is 4.74 Å². The number of rotatable bonds is 4. The maximum Gasteiger partial charge on any atom is 0.122 e. The fourth-order valence-electron chi connectivity index (χ4n) is 3.01. The summed E-state index contributed by atoms with van der Waals surface area (Å²) in [6.07, 6.45) is 6.45. The molecule has 1 fully saturated rings. The largest absolute Gasteiger partial charge is 0.493 e. The van der Waals surface area contributed by atoms with Gasteiger partial charge in [-0.1, -0.05) is 6.42 Å². The molecule has 0 unspecified atom stereocenters. The molecule has 19 heavy (non-hydrogen) atoms. The van der Waals surface area contributed by atoms with Gasteiger partial charge in [0.1, 0.15) is 5.75 Å². The minimum absolute atomic E-state index is 0.870. The third-order valence-corrected chi connectivity index (χ3v) is 4.11. The van der Waals surface area contributed by atoms with Crippen LogP contribution < -0.4 is 10.1 Å². The van der Waals surface area contributed by atoms with Gasteiger partial charge in [-0.15, -0.1) is 0 Å². The number of benzene rings is 1. The summed E-state index contributed by atoms with van der Waals surface area (Å²) in [7, 11) is 0. The smallest absolute Gasteiger partial charge is 0.122 e. The van der Waals surface area contributed by atoms with E-state index >= 15 is 0 Å². The van der Waals surface area contributed by atoms with Crippen LogP contribution in [-0.4, -0.2) is 37.7 Å². The standard InChI is InChI=1S/C16H24N2O/c1-2-9-18(10-3-1)11-8-17-15-6-7-16-14(13-15)5-4-12-19-16/h6-7,13,17H,1-5,8-12H2. The minimum Gasteiger partial charge on any atom is -0.493 e. The van der Waals surface area contributed by atoms with E-state index in [0.717, 1.165) is 38.3 Å². The molecule has 3 rings (SSSR count). The van der Waals surface area contributed by atoms with Gasteiger partial charge in [0.15, 0.2) is 0 Å². The molecular formula is C16H24N2O. The summed E-state index contributed by atoms with van der Waals surface area (Å²) >= 11 is 0. The molecule has 0 aromatic heterocycles. The lowest BCUT2D eigenvalue weighted by molar-refractivity contribution is 0.237. The Kier molecular flexibility index (Phi) is 4.23. The quantitative estimate of drug-likeness (QED) is 0.901. The zero-order valence-electron chi connectivity index (χ0n) is 11.7. The van der Waals surface area contributed by atoms with Gasteiger partial charge in [0.2, 0.25) is 0 Å². The fraction of sp³-hybridized carbons (Fsp3) is 0.625. The highest BCUT2D eigenvalue weighted by Crippen LogP contribution is 2.27. The van der Waals surface area contributed by atoms with E-state index in [1.165, 1.54) is 43.6 Å². The van der Waals surface area contributed by atoms with Crippen molar-refractivity contribution >= 4 is 5.69 Å². The summed E-state index contributed by atoms with van der Waals surface area (Å²) in [4.78, 5) is 2.57. The van der Waals surface area contributed by atoms with Gasteiger partial charge in [-0.2, -0.15) is 0 Å². The number of nitrogens with zero attached hydrogens (tertiary/aromatic N) is 1. The number of piperidine rings is 1. The Bertz CT molecular complexity index is 413. The molecule has 0 spiro atoms. The van der Waals surface area contributed by atoms with Crippen molar-refractivity contribution in [3.05, 3.63) is 23.8 Å². The Labute approximate surface area is 115 Å². The first-order chi connectivity index (χ1) is 9.42. The molecule has 2 aliphatic rings. The number of likely N-dealkylation sites (tertiary alicyclic amines) is 1. The van der Waals surface area contributed by atoms with Crippen LogP contribution in [0.4, 0.5) is 5.69 Å². The van der Waals surface area contributed by atoms with Crippen molar-refractivity contribution in [1.82, 2.24) is 4.90 Å². The van der Waals surface area contributed by atoms with E-state index in [1.807, 2.05) is 0 Å². The Morgan fingerprint density at radius 3 is 2.89 bits per heavy atom. The lowest BCUT2D eigenvalue weighted by Crippen LogP contribution is -2.33. The van der Waals surface area contributed by atoms with E-state index in [9.17, 15) is 0 Å². The maximum atomic E-state index is 5.64. The van der Waals surface area contributed by atoms with Gasteiger partial charge in [-0.05, 0) is 62.5 Å². The molecule has 3 nitrogen and oxygen atoms in total. The number of aryl methyl sites for hydroxylation is 1. The summed E-state index contributed by atoms with van der Waals surface area (Å²) in [6, 6.07) is 6.50. The average molecular weight is 260 g/mol. The van der Waals surface area contributed by atoms with Crippen molar-refractivity contribution in [2.24, 2.45) is 0 Å². The summed E-state index contributed by atoms with van der Waals surface area (Å²) in [5, 5.41) is 3.54. The molecule has 3 heteroatoms. The second-order valence-corrected chi connectivity index (χ2v) is 5.60. The average Bonchev–Trinajstić information content (AvgIpc) is 2.48. The summed E-state index contributed by atoms with van der Waals surface area (Å²) in [6.45, 7) is 5.63. The number of ether oxygens (including phenoxy) is 1. The second-order valence-electron chi connectivity index (χ2n) is 5.60. The second kappa shape index (κ2) is 6.29. The van der Waals surface area contributed by atoms with Crippen LogP contribution in [0.2, 0.25) is 0 Å². The van der Waals surface area contributed by atoms with E-state index in [0.29, 0.717) is 0 Å². The Morgan fingerprint density at radius 2 is 2.00 bits per heavy atom. The highest BCUT2D eigenvalue weighted by molar-refractivity contribution is 5.51. The van der Waals surface area contributed by atoms with Gasteiger partial charge in [0, 0.05) is 18.8 Å². The van der Waals surface area contributed by atoms with Crippen molar-refractivity contribution in [3.63, 3.8) is 0 Å². The maximum absolute atomic E-state index is 5.64. The van der Waals surface area contributed by atoms with Gasteiger partial charge < -0.3 is 15.0 Å². The van der Waals surface area contributed by atoms with Gasteiger partial charge in [0.25, 0.3) is 0 Å². The van der Waals surface area contributed by atoms with Gasteiger partial charge >= 0.3 is 0 Å². The van der Waals surface area contributed by atoms with Gasteiger partial charge in [-0.25, -0.2) is 0 Å². The molecular weight excluding hydrogens is 236 g/mol. The van der Waals surface area contributed by atoms with Crippen LogP contribution in [0.3, 0.4) is 0 Å². The van der Waals surface area contributed by atoms with Crippen LogP contribution in [0.1, 0.15) is 31.2 Å². The highest BCUT2D eigenvalue weighted by atomic mass is 16.5. The molecule has 1 aromatic carbocycles. The van der Waals surface area contributed by atoms with Crippen molar-refractivity contribution in [3.8, 4) is 5.75 Å². The predicted molar refractivity (Wildman–Crippen MR) is 79.0 cm³/mol. The Morgan fingerprint density at radius 1 is 1.11 bits per heavy atom. The van der Waals surface area contributed by atoms with E-state index in [1.54, 1.807) is 0 Å². The number of fused-ring (bicyclic) bond motifs is 1. The van der Waals surface area contributed by atoms with Crippen molar-refractivity contribution in [2.45, 2.75) is 32.1 Å². The van der Waals surface area contributed by atoms with Crippen LogP contribution in [0, 0.1) is 0 Å². The Balaban J connectivity index is 1.49. The monoisotopic (exact) mass is 260 g/mol. The first kappa shape index (κ1) is 12.8. The topological polar surface area (TPSA) is 24.5 Å². The molecule has 1 saturated heterocycles.